The van der Waals surface area contributed by atoms with Crippen LogP contribution in [0.25, 0.3) is 11.5 Å². The third kappa shape index (κ3) is 2.77. The van der Waals surface area contributed by atoms with Crippen molar-refractivity contribution < 1.29 is 4.39 Å². The predicted octanol–water partition coefficient (Wildman–Crippen LogP) is 2.01. The molecule has 6 nitrogen and oxygen atoms in total. The Bertz CT molecular complexity index is 680. The van der Waals surface area contributed by atoms with E-state index in [1.54, 1.807) is 30.7 Å². The molecule has 3 aromatic rings. The standard InChI is InChI=1S/C13H11FN6/c14-9-1-3-10(4-2-9)17-8-12-18-13(20-19-12)11-7-15-5-6-16-11/h1-7,17H,8H2,(H,18,19,20). The van der Waals surface area contributed by atoms with Crippen LogP contribution in [-0.4, -0.2) is 25.1 Å². The van der Waals surface area contributed by atoms with Crippen LogP contribution in [0.15, 0.2) is 42.9 Å². The number of halogens is 1. The van der Waals surface area contributed by atoms with Crippen molar-refractivity contribution in [2.24, 2.45) is 0 Å². The molecule has 0 aliphatic carbocycles. The highest BCUT2D eigenvalue weighted by molar-refractivity contribution is 5.46. The maximum absolute atomic E-state index is 12.8. The van der Waals surface area contributed by atoms with Gasteiger partial charge in [0.2, 0.25) is 5.82 Å². The monoisotopic (exact) mass is 270 g/mol. The smallest absolute Gasteiger partial charge is 0.201 e. The van der Waals surface area contributed by atoms with Gasteiger partial charge in [0.1, 0.15) is 17.3 Å². The first-order valence-electron chi connectivity index (χ1n) is 5.98. The molecule has 2 aromatic heterocycles. The van der Waals surface area contributed by atoms with Gasteiger partial charge in [-0.15, -0.1) is 0 Å². The summed E-state index contributed by atoms with van der Waals surface area (Å²) < 4.78 is 12.8. The molecule has 0 atom stereocenters. The number of benzene rings is 1. The molecule has 2 N–H and O–H groups in total. The predicted molar refractivity (Wildman–Crippen MR) is 71.1 cm³/mol. The molecular weight excluding hydrogens is 259 g/mol. The van der Waals surface area contributed by atoms with Gasteiger partial charge in [-0.25, -0.2) is 14.4 Å². The summed E-state index contributed by atoms with van der Waals surface area (Å²) in [5.41, 5.74) is 1.42. The van der Waals surface area contributed by atoms with Gasteiger partial charge in [-0.05, 0) is 24.3 Å². The molecule has 0 amide bonds. The summed E-state index contributed by atoms with van der Waals surface area (Å²) in [6.07, 6.45) is 4.77. The minimum atomic E-state index is -0.264. The molecular formula is C13H11FN6. The first kappa shape index (κ1) is 12.2. The molecule has 3 rings (SSSR count). The number of aromatic nitrogens is 5. The number of anilines is 1. The Balaban J connectivity index is 1.67. The van der Waals surface area contributed by atoms with E-state index >= 15 is 0 Å². The quantitative estimate of drug-likeness (QED) is 0.758. The van der Waals surface area contributed by atoms with E-state index < -0.39 is 0 Å². The van der Waals surface area contributed by atoms with Crippen LogP contribution in [0, 0.1) is 5.82 Å². The molecule has 100 valence electrons. The molecule has 0 fully saturated rings. The SMILES string of the molecule is Fc1ccc(NCc2nc(-c3cnccn3)n[nH]2)cc1. The Morgan fingerprint density at radius 2 is 2.00 bits per heavy atom. The van der Waals surface area contributed by atoms with Crippen LogP contribution >= 0.6 is 0 Å². The second-order valence-electron chi connectivity index (χ2n) is 4.06. The molecule has 0 radical (unpaired) electrons. The molecule has 0 spiro atoms. The van der Waals surface area contributed by atoms with E-state index in [1.165, 1.54) is 12.1 Å². The zero-order valence-corrected chi connectivity index (χ0v) is 10.4. The fourth-order valence-electron chi connectivity index (χ4n) is 1.66. The zero-order chi connectivity index (χ0) is 13.8. The molecule has 0 unspecified atom stereocenters. The van der Waals surface area contributed by atoms with Crippen molar-refractivity contribution in [3.63, 3.8) is 0 Å². The van der Waals surface area contributed by atoms with Crippen LogP contribution in [0.4, 0.5) is 10.1 Å². The first-order chi connectivity index (χ1) is 9.81. The van der Waals surface area contributed by atoms with Gasteiger partial charge in [0.05, 0.1) is 12.7 Å². The molecule has 2 heterocycles. The van der Waals surface area contributed by atoms with E-state index in [0.29, 0.717) is 23.9 Å². The lowest BCUT2D eigenvalue weighted by Gasteiger charge is -2.02. The fraction of sp³-hybridized carbons (Fsp3) is 0.0769. The molecule has 0 saturated heterocycles. The third-order valence-corrected chi connectivity index (χ3v) is 2.63. The Hall–Kier alpha value is -2.83. The second kappa shape index (κ2) is 5.43. The summed E-state index contributed by atoms with van der Waals surface area (Å²) in [5, 5.41) is 10.0. The van der Waals surface area contributed by atoms with Crippen molar-refractivity contribution >= 4 is 5.69 Å². The van der Waals surface area contributed by atoms with Crippen molar-refractivity contribution in [2.75, 3.05) is 5.32 Å². The Morgan fingerprint density at radius 1 is 1.15 bits per heavy atom. The van der Waals surface area contributed by atoms with E-state index in [2.05, 4.69) is 30.5 Å². The summed E-state index contributed by atoms with van der Waals surface area (Å²) in [4.78, 5) is 12.4. The highest BCUT2D eigenvalue weighted by Crippen LogP contribution is 2.11. The van der Waals surface area contributed by atoms with E-state index in [1.807, 2.05) is 0 Å². The number of rotatable bonds is 4. The van der Waals surface area contributed by atoms with Gasteiger partial charge in [-0.3, -0.25) is 10.1 Å². The largest absolute Gasteiger partial charge is 0.378 e. The topological polar surface area (TPSA) is 79.4 Å². The van der Waals surface area contributed by atoms with Crippen molar-refractivity contribution in [3.8, 4) is 11.5 Å². The van der Waals surface area contributed by atoms with Gasteiger partial charge < -0.3 is 5.32 Å². The van der Waals surface area contributed by atoms with E-state index in [9.17, 15) is 4.39 Å². The van der Waals surface area contributed by atoms with E-state index in [4.69, 9.17) is 0 Å². The summed E-state index contributed by atoms with van der Waals surface area (Å²) in [7, 11) is 0. The highest BCUT2D eigenvalue weighted by Gasteiger charge is 2.06. The Morgan fingerprint density at radius 3 is 2.75 bits per heavy atom. The van der Waals surface area contributed by atoms with Gasteiger partial charge in [0.15, 0.2) is 0 Å². The van der Waals surface area contributed by atoms with Gasteiger partial charge in [0.25, 0.3) is 0 Å². The van der Waals surface area contributed by atoms with E-state index in [0.717, 1.165) is 5.69 Å². The number of aromatic amines is 1. The Labute approximate surface area is 114 Å². The van der Waals surface area contributed by atoms with Crippen LogP contribution in [0.3, 0.4) is 0 Å². The third-order valence-electron chi connectivity index (χ3n) is 2.63. The minimum Gasteiger partial charge on any atom is -0.378 e. The molecule has 0 aliphatic heterocycles. The summed E-state index contributed by atoms with van der Waals surface area (Å²) >= 11 is 0. The Kier molecular flexibility index (Phi) is 3.32. The number of hydrogen-bond acceptors (Lipinski definition) is 5. The summed E-state index contributed by atoms with van der Waals surface area (Å²) in [6.45, 7) is 0.457. The number of hydrogen-bond donors (Lipinski definition) is 2. The van der Waals surface area contributed by atoms with Gasteiger partial charge in [0, 0.05) is 18.1 Å². The molecule has 1 aromatic carbocycles. The first-order valence-corrected chi connectivity index (χ1v) is 5.98. The average Bonchev–Trinajstić information content (AvgIpc) is 2.97. The second-order valence-corrected chi connectivity index (χ2v) is 4.06. The van der Waals surface area contributed by atoms with Crippen LogP contribution in [0.1, 0.15) is 5.82 Å². The summed E-state index contributed by atoms with van der Waals surface area (Å²) in [6, 6.07) is 6.12. The van der Waals surface area contributed by atoms with Gasteiger partial charge >= 0.3 is 0 Å². The maximum Gasteiger partial charge on any atom is 0.201 e. The fourth-order valence-corrected chi connectivity index (χ4v) is 1.66. The molecule has 0 saturated carbocycles. The highest BCUT2D eigenvalue weighted by atomic mass is 19.1. The van der Waals surface area contributed by atoms with Gasteiger partial charge in [-0.2, -0.15) is 5.10 Å². The number of H-pyrrole nitrogens is 1. The lowest BCUT2D eigenvalue weighted by Crippen LogP contribution is -2.01. The van der Waals surface area contributed by atoms with Crippen molar-refractivity contribution in [1.29, 1.82) is 0 Å². The molecule has 20 heavy (non-hydrogen) atoms. The molecule has 7 heteroatoms. The normalized spacial score (nSPS) is 10.4. The van der Waals surface area contributed by atoms with Crippen LogP contribution in [-0.2, 0) is 6.54 Å². The van der Waals surface area contributed by atoms with Crippen LogP contribution in [0.5, 0.6) is 0 Å². The van der Waals surface area contributed by atoms with E-state index in [-0.39, 0.29) is 5.82 Å². The lowest BCUT2D eigenvalue weighted by atomic mass is 10.3. The van der Waals surface area contributed by atoms with Crippen molar-refractivity contribution in [1.82, 2.24) is 25.1 Å². The number of nitrogens with zero attached hydrogens (tertiary/aromatic N) is 4. The van der Waals surface area contributed by atoms with Crippen molar-refractivity contribution in [3.05, 3.63) is 54.5 Å². The number of nitrogens with one attached hydrogen (secondary N) is 2. The van der Waals surface area contributed by atoms with Crippen LogP contribution < -0.4 is 5.32 Å². The van der Waals surface area contributed by atoms with Gasteiger partial charge in [-0.1, -0.05) is 0 Å². The average molecular weight is 270 g/mol. The minimum absolute atomic E-state index is 0.264. The molecule has 0 bridgehead atoms. The zero-order valence-electron chi connectivity index (χ0n) is 10.4. The lowest BCUT2D eigenvalue weighted by molar-refractivity contribution is 0.628. The molecule has 0 aliphatic rings. The maximum atomic E-state index is 12.8. The summed E-state index contributed by atoms with van der Waals surface area (Å²) in [5.74, 6) is 0.893. The van der Waals surface area contributed by atoms with Crippen molar-refractivity contribution in [2.45, 2.75) is 6.54 Å². The van der Waals surface area contributed by atoms with Crippen LogP contribution in [0.2, 0.25) is 0 Å².